The van der Waals surface area contributed by atoms with Gasteiger partial charge in [-0.1, -0.05) is 54.6 Å². The van der Waals surface area contributed by atoms with Gasteiger partial charge in [0.25, 0.3) is 5.88 Å². The molecule has 38 heavy (non-hydrogen) atoms. The highest BCUT2D eigenvalue weighted by Gasteiger charge is 2.19. The molecule has 0 radical (unpaired) electrons. The van der Waals surface area contributed by atoms with E-state index in [9.17, 15) is 0 Å². The van der Waals surface area contributed by atoms with E-state index in [0.717, 1.165) is 54.9 Å². The van der Waals surface area contributed by atoms with Crippen molar-refractivity contribution in [1.82, 2.24) is 15.0 Å². The van der Waals surface area contributed by atoms with Gasteiger partial charge in [0.1, 0.15) is 11.5 Å². The third-order valence-corrected chi connectivity index (χ3v) is 6.84. The predicted molar refractivity (Wildman–Crippen MR) is 152 cm³/mol. The van der Waals surface area contributed by atoms with Crippen LogP contribution in [-0.4, -0.2) is 15.0 Å². The standard InChI is InChI=1S/C33H23N3O2/c1-20-17-25-30(34-21(20)2)26-18-22-11-9-10-16-28(22)35-31(26)27-19-29(37-23-12-5-3-6-13-23)33(36-32(25)27)38-24-14-7-4-8-15-24/h3-19H,1-2H3. The fraction of sp³-hybridized carbons (Fsp3) is 0.0606. The highest BCUT2D eigenvalue weighted by molar-refractivity contribution is 6.23. The second kappa shape index (κ2) is 8.82. The molecule has 0 aliphatic carbocycles. The van der Waals surface area contributed by atoms with E-state index in [1.807, 2.05) is 91.9 Å². The number of hydrogen-bond donors (Lipinski definition) is 0. The molecule has 0 amide bonds. The summed E-state index contributed by atoms with van der Waals surface area (Å²) in [6, 6.07) is 33.8. The first-order valence-electron chi connectivity index (χ1n) is 12.5. The van der Waals surface area contributed by atoms with Crippen molar-refractivity contribution in [2.24, 2.45) is 0 Å². The quantitative estimate of drug-likeness (QED) is 0.181. The van der Waals surface area contributed by atoms with E-state index >= 15 is 0 Å². The maximum atomic E-state index is 6.35. The number of pyridine rings is 3. The van der Waals surface area contributed by atoms with Gasteiger partial charge in [-0.25, -0.2) is 9.97 Å². The van der Waals surface area contributed by atoms with E-state index in [1.165, 1.54) is 0 Å². The molecule has 0 saturated heterocycles. The van der Waals surface area contributed by atoms with Gasteiger partial charge in [0.05, 0.1) is 22.1 Å². The predicted octanol–water partition coefficient (Wildman–Crippen LogP) is 8.69. The number of aryl methyl sites for hydroxylation is 2. The van der Waals surface area contributed by atoms with E-state index in [1.54, 1.807) is 0 Å². The summed E-state index contributed by atoms with van der Waals surface area (Å²) in [6.45, 7) is 4.11. The molecular formula is C33H23N3O2. The van der Waals surface area contributed by atoms with Crippen LogP contribution >= 0.6 is 0 Å². The summed E-state index contributed by atoms with van der Waals surface area (Å²) in [5.74, 6) is 2.27. The molecule has 0 N–H and O–H groups in total. The molecule has 0 aliphatic rings. The summed E-state index contributed by atoms with van der Waals surface area (Å²) in [6.07, 6.45) is 0. The van der Waals surface area contributed by atoms with Crippen LogP contribution in [-0.2, 0) is 0 Å². The van der Waals surface area contributed by atoms with Crippen LogP contribution in [0.1, 0.15) is 11.3 Å². The first kappa shape index (κ1) is 22.2. The van der Waals surface area contributed by atoms with Crippen molar-refractivity contribution in [1.29, 1.82) is 0 Å². The van der Waals surface area contributed by atoms with Gasteiger partial charge in [-0.15, -0.1) is 0 Å². The van der Waals surface area contributed by atoms with Crippen molar-refractivity contribution in [3.63, 3.8) is 0 Å². The van der Waals surface area contributed by atoms with E-state index in [-0.39, 0.29) is 0 Å². The molecule has 0 spiro atoms. The lowest BCUT2D eigenvalue weighted by atomic mass is 10.0. The van der Waals surface area contributed by atoms with Crippen LogP contribution in [0.25, 0.3) is 43.6 Å². The largest absolute Gasteiger partial charge is 0.452 e. The number of para-hydroxylation sites is 3. The third kappa shape index (κ3) is 3.76. The molecule has 0 unspecified atom stereocenters. The molecule has 4 aromatic carbocycles. The van der Waals surface area contributed by atoms with E-state index in [0.29, 0.717) is 23.1 Å². The zero-order valence-corrected chi connectivity index (χ0v) is 21.0. The molecule has 0 aliphatic heterocycles. The number of hydrogen-bond acceptors (Lipinski definition) is 5. The molecular weight excluding hydrogens is 470 g/mol. The van der Waals surface area contributed by atoms with E-state index in [2.05, 4.69) is 25.1 Å². The molecule has 0 saturated carbocycles. The Hall–Kier alpha value is -5.03. The van der Waals surface area contributed by atoms with Crippen LogP contribution in [0.4, 0.5) is 0 Å². The molecule has 0 fully saturated rings. The van der Waals surface area contributed by atoms with E-state index < -0.39 is 0 Å². The SMILES string of the molecule is Cc1cc2c(nc1C)c1cc3ccccc3nc1c1cc(Oc3ccccc3)c(Oc3ccccc3)nc21. The first-order chi connectivity index (χ1) is 18.6. The number of benzene rings is 4. The van der Waals surface area contributed by atoms with Crippen molar-refractivity contribution in [2.45, 2.75) is 13.8 Å². The monoisotopic (exact) mass is 493 g/mol. The normalized spacial score (nSPS) is 11.4. The highest BCUT2D eigenvalue weighted by Crippen LogP contribution is 2.41. The maximum Gasteiger partial charge on any atom is 0.263 e. The van der Waals surface area contributed by atoms with Crippen LogP contribution in [0.2, 0.25) is 0 Å². The lowest BCUT2D eigenvalue weighted by Gasteiger charge is -2.16. The summed E-state index contributed by atoms with van der Waals surface area (Å²) in [5, 5.41) is 3.89. The molecule has 182 valence electrons. The van der Waals surface area contributed by atoms with Crippen molar-refractivity contribution >= 4 is 43.6 Å². The summed E-state index contributed by atoms with van der Waals surface area (Å²) >= 11 is 0. The van der Waals surface area contributed by atoms with Crippen LogP contribution in [0, 0.1) is 13.8 Å². The molecule has 5 nitrogen and oxygen atoms in total. The Kier molecular flexibility index (Phi) is 5.15. The summed E-state index contributed by atoms with van der Waals surface area (Å²) in [7, 11) is 0. The Morgan fingerprint density at radius 3 is 1.87 bits per heavy atom. The zero-order chi connectivity index (χ0) is 25.6. The maximum absolute atomic E-state index is 6.35. The minimum atomic E-state index is 0.382. The topological polar surface area (TPSA) is 57.1 Å². The minimum Gasteiger partial charge on any atom is -0.452 e. The fourth-order valence-electron chi connectivity index (χ4n) is 4.82. The average molecular weight is 494 g/mol. The lowest BCUT2D eigenvalue weighted by Crippen LogP contribution is -1.98. The fourth-order valence-corrected chi connectivity index (χ4v) is 4.82. The van der Waals surface area contributed by atoms with Crippen LogP contribution in [0.15, 0.2) is 103 Å². The van der Waals surface area contributed by atoms with Crippen LogP contribution in [0.5, 0.6) is 23.1 Å². The molecule has 0 atom stereocenters. The van der Waals surface area contributed by atoms with Gasteiger partial charge in [-0.2, -0.15) is 0 Å². The van der Waals surface area contributed by atoms with E-state index in [4.69, 9.17) is 24.4 Å². The molecule has 5 heteroatoms. The first-order valence-corrected chi connectivity index (χ1v) is 12.5. The van der Waals surface area contributed by atoms with Crippen LogP contribution < -0.4 is 9.47 Å². The average Bonchev–Trinajstić information content (AvgIpc) is 2.95. The van der Waals surface area contributed by atoms with Gasteiger partial charge >= 0.3 is 0 Å². The molecule has 3 aromatic heterocycles. The molecule has 7 rings (SSSR count). The Labute approximate surface area is 219 Å². The van der Waals surface area contributed by atoms with Gasteiger partial charge in [0.15, 0.2) is 5.75 Å². The van der Waals surface area contributed by atoms with Gasteiger partial charge in [-0.3, -0.25) is 4.98 Å². The Morgan fingerprint density at radius 2 is 1.11 bits per heavy atom. The van der Waals surface area contributed by atoms with Gasteiger partial charge < -0.3 is 9.47 Å². The number of aromatic nitrogens is 3. The Morgan fingerprint density at radius 1 is 0.526 bits per heavy atom. The molecule has 3 heterocycles. The molecule has 0 bridgehead atoms. The highest BCUT2D eigenvalue weighted by atomic mass is 16.5. The van der Waals surface area contributed by atoms with Crippen molar-refractivity contribution in [2.75, 3.05) is 0 Å². The van der Waals surface area contributed by atoms with Gasteiger partial charge in [-0.05, 0) is 67.9 Å². The summed E-state index contributed by atoms with van der Waals surface area (Å²) in [4.78, 5) is 15.2. The smallest absolute Gasteiger partial charge is 0.263 e. The number of fused-ring (bicyclic) bond motifs is 7. The lowest BCUT2D eigenvalue weighted by molar-refractivity contribution is 0.407. The minimum absolute atomic E-state index is 0.382. The Balaban J connectivity index is 1.59. The van der Waals surface area contributed by atoms with Crippen molar-refractivity contribution in [3.05, 3.63) is 114 Å². The second-order valence-electron chi connectivity index (χ2n) is 9.38. The molecule has 7 aromatic rings. The second-order valence-corrected chi connectivity index (χ2v) is 9.38. The Bertz CT molecular complexity index is 1990. The third-order valence-electron chi connectivity index (χ3n) is 6.84. The number of rotatable bonds is 4. The van der Waals surface area contributed by atoms with Gasteiger partial charge in [0, 0.05) is 27.2 Å². The van der Waals surface area contributed by atoms with Gasteiger partial charge in [0.2, 0.25) is 0 Å². The number of ether oxygens (including phenoxy) is 2. The zero-order valence-electron chi connectivity index (χ0n) is 21.0. The summed E-state index contributed by atoms with van der Waals surface area (Å²) < 4.78 is 12.6. The number of nitrogens with zero attached hydrogens (tertiary/aromatic N) is 3. The van der Waals surface area contributed by atoms with Crippen molar-refractivity contribution in [3.8, 4) is 23.1 Å². The van der Waals surface area contributed by atoms with Crippen molar-refractivity contribution < 1.29 is 9.47 Å². The van der Waals surface area contributed by atoms with Crippen LogP contribution in [0.3, 0.4) is 0 Å². The summed E-state index contributed by atoms with van der Waals surface area (Å²) in [5.41, 5.74) is 5.49.